The van der Waals surface area contributed by atoms with Crippen LogP contribution in [0.5, 0.6) is 0 Å². The van der Waals surface area contributed by atoms with Crippen molar-refractivity contribution in [2.75, 3.05) is 0 Å². The molecule has 0 saturated heterocycles. The zero-order valence-corrected chi connectivity index (χ0v) is 5.90. The minimum atomic E-state index is 0.627. The highest BCUT2D eigenvalue weighted by Crippen LogP contribution is 2.22. The van der Waals surface area contributed by atoms with Crippen molar-refractivity contribution in [3.05, 3.63) is 29.7 Å². The molecule has 0 aliphatic rings. The average Bonchev–Trinajstić information content (AvgIpc) is 2.13. The highest BCUT2D eigenvalue weighted by atomic mass is 35.5. The summed E-state index contributed by atoms with van der Waals surface area (Å²) in [4.78, 5) is 0. The standard InChI is InChI=1S/C7H7ClO/c1-5(2)6-3-9-4-7(6)8/h3-4H,1H2,2H3. The molecule has 0 radical (unpaired) electrons. The Labute approximate surface area is 58.9 Å². The fraction of sp³-hybridized carbons (Fsp3) is 0.143. The van der Waals surface area contributed by atoms with E-state index in [4.69, 9.17) is 16.0 Å². The van der Waals surface area contributed by atoms with Crippen LogP contribution in [-0.2, 0) is 0 Å². The summed E-state index contributed by atoms with van der Waals surface area (Å²) >= 11 is 5.68. The van der Waals surface area contributed by atoms with Crippen LogP contribution in [0.15, 0.2) is 23.5 Å². The largest absolute Gasteiger partial charge is 0.470 e. The first-order chi connectivity index (χ1) is 4.22. The minimum Gasteiger partial charge on any atom is -0.470 e. The maximum atomic E-state index is 5.68. The van der Waals surface area contributed by atoms with Crippen LogP contribution in [0.25, 0.3) is 5.57 Å². The molecule has 0 atom stereocenters. The van der Waals surface area contributed by atoms with E-state index in [0.29, 0.717) is 5.02 Å². The summed E-state index contributed by atoms with van der Waals surface area (Å²) in [6.07, 6.45) is 3.08. The molecule has 0 fully saturated rings. The number of furan rings is 1. The van der Waals surface area contributed by atoms with E-state index in [-0.39, 0.29) is 0 Å². The van der Waals surface area contributed by atoms with Gasteiger partial charge in [0.2, 0.25) is 0 Å². The maximum Gasteiger partial charge on any atom is 0.109 e. The molecule has 1 aromatic rings. The van der Waals surface area contributed by atoms with E-state index < -0.39 is 0 Å². The lowest BCUT2D eigenvalue weighted by Crippen LogP contribution is -1.69. The number of halogens is 1. The Bertz CT molecular complexity index is 225. The topological polar surface area (TPSA) is 13.1 Å². The molecule has 0 aliphatic heterocycles. The van der Waals surface area contributed by atoms with Crippen LogP contribution in [0.4, 0.5) is 0 Å². The van der Waals surface area contributed by atoms with Gasteiger partial charge < -0.3 is 4.42 Å². The molecule has 1 rings (SSSR count). The van der Waals surface area contributed by atoms with E-state index in [2.05, 4.69) is 6.58 Å². The third-order valence-electron chi connectivity index (χ3n) is 1.07. The number of hydrogen-bond acceptors (Lipinski definition) is 1. The summed E-state index contributed by atoms with van der Waals surface area (Å²) in [6, 6.07) is 0. The molecule has 2 heteroatoms. The molecule has 0 N–H and O–H groups in total. The highest BCUT2D eigenvalue weighted by molar-refractivity contribution is 6.32. The van der Waals surface area contributed by atoms with Crippen molar-refractivity contribution in [2.45, 2.75) is 6.92 Å². The van der Waals surface area contributed by atoms with Crippen molar-refractivity contribution < 1.29 is 4.42 Å². The summed E-state index contributed by atoms with van der Waals surface area (Å²) in [6.45, 7) is 5.60. The second-order valence-electron chi connectivity index (χ2n) is 1.91. The van der Waals surface area contributed by atoms with Crippen LogP contribution in [-0.4, -0.2) is 0 Å². The molecule has 0 spiro atoms. The van der Waals surface area contributed by atoms with Crippen molar-refractivity contribution in [1.29, 1.82) is 0 Å². The average molecular weight is 143 g/mol. The first-order valence-corrected chi connectivity index (χ1v) is 2.97. The lowest BCUT2D eigenvalue weighted by molar-refractivity contribution is 0.566. The van der Waals surface area contributed by atoms with Crippen molar-refractivity contribution in [1.82, 2.24) is 0 Å². The van der Waals surface area contributed by atoms with Crippen molar-refractivity contribution in [3.8, 4) is 0 Å². The monoisotopic (exact) mass is 142 g/mol. The lowest BCUT2D eigenvalue weighted by Gasteiger charge is -1.89. The lowest BCUT2D eigenvalue weighted by atomic mass is 10.2. The molecule has 0 saturated carbocycles. The van der Waals surface area contributed by atoms with Crippen molar-refractivity contribution >= 4 is 17.2 Å². The summed E-state index contributed by atoms with van der Waals surface area (Å²) in [5.41, 5.74) is 1.81. The molecule has 48 valence electrons. The normalized spacial score (nSPS) is 9.56. The molecule has 0 aliphatic carbocycles. The van der Waals surface area contributed by atoms with Gasteiger partial charge in [-0.3, -0.25) is 0 Å². The van der Waals surface area contributed by atoms with E-state index in [1.807, 2.05) is 6.92 Å². The number of hydrogen-bond donors (Lipinski definition) is 0. The predicted octanol–water partition coefficient (Wildman–Crippen LogP) is 2.97. The van der Waals surface area contributed by atoms with E-state index >= 15 is 0 Å². The SMILES string of the molecule is C=C(C)c1cocc1Cl. The van der Waals surface area contributed by atoms with Gasteiger partial charge in [0, 0.05) is 5.56 Å². The third-order valence-corrected chi connectivity index (χ3v) is 1.37. The molecule has 1 nitrogen and oxygen atoms in total. The molecule has 0 bridgehead atoms. The molecule has 0 amide bonds. The van der Waals surface area contributed by atoms with Gasteiger partial charge in [-0.1, -0.05) is 18.2 Å². The third kappa shape index (κ3) is 1.16. The summed E-state index contributed by atoms with van der Waals surface area (Å²) < 4.78 is 4.81. The van der Waals surface area contributed by atoms with Crippen molar-refractivity contribution in [2.24, 2.45) is 0 Å². The van der Waals surface area contributed by atoms with Crippen LogP contribution in [0.2, 0.25) is 5.02 Å². The second kappa shape index (κ2) is 2.28. The molecular formula is C7H7ClO. The fourth-order valence-corrected chi connectivity index (χ4v) is 0.843. The molecule has 0 aromatic carbocycles. The van der Waals surface area contributed by atoms with E-state index in [1.54, 1.807) is 6.26 Å². The zero-order chi connectivity index (χ0) is 6.85. The molecule has 1 aromatic heterocycles. The van der Waals surface area contributed by atoms with Crippen LogP contribution in [0.3, 0.4) is 0 Å². The van der Waals surface area contributed by atoms with Gasteiger partial charge in [-0.15, -0.1) is 0 Å². The van der Waals surface area contributed by atoms with Crippen LogP contribution < -0.4 is 0 Å². The van der Waals surface area contributed by atoms with Gasteiger partial charge in [0.1, 0.15) is 6.26 Å². The van der Waals surface area contributed by atoms with Gasteiger partial charge in [0.15, 0.2) is 0 Å². The summed E-state index contributed by atoms with van der Waals surface area (Å²) in [7, 11) is 0. The Balaban J connectivity index is 3.08. The molecule has 1 heterocycles. The first-order valence-electron chi connectivity index (χ1n) is 2.59. The summed E-state index contributed by atoms with van der Waals surface area (Å²) in [5, 5.41) is 0.627. The van der Waals surface area contributed by atoms with E-state index in [1.165, 1.54) is 6.26 Å². The van der Waals surface area contributed by atoms with Gasteiger partial charge in [-0.05, 0) is 12.5 Å². The zero-order valence-electron chi connectivity index (χ0n) is 5.15. The first kappa shape index (κ1) is 6.43. The predicted molar refractivity (Wildman–Crippen MR) is 38.4 cm³/mol. The molecule has 0 unspecified atom stereocenters. The van der Waals surface area contributed by atoms with Crippen molar-refractivity contribution in [3.63, 3.8) is 0 Å². The highest BCUT2D eigenvalue weighted by Gasteiger charge is 2.00. The minimum absolute atomic E-state index is 0.627. The Morgan fingerprint density at radius 2 is 2.33 bits per heavy atom. The quantitative estimate of drug-likeness (QED) is 0.588. The van der Waals surface area contributed by atoms with Gasteiger partial charge in [0.25, 0.3) is 0 Å². The van der Waals surface area contributed by atoms with Crippen LogP contribution in [0, 0.1) is 0 Å². The summed E-state index contributed by atoms with van der Waals surface area (Å²) in [5.74, 6) is 0. The van der Waals surface area contributed by atoms with E-state index in [0.717, 1.165) is 11.1 Å². The second-order valence-corrected chi connectivity index (χ2v) is 2.32. The number of allylic oxidation sites excluding steroid dienone is 1. The molecule has 9 heavy (non-hydrogen) atoms. The van der Waals surface area contributed by atoms with Gasteiger partial charge in [-0.25, -0.2) is 0 Å². The molecular weight excluding hydrogens is 136 g/mol. The van der Waals surface area contributed by atoms with Gasteiger partial charge in [-0.2, -0.15) is 0 Å². The van der Waals surface area contributed by atoms with Crippen LogP contribution in [0.1, 0.15) is 12.5 Å². The Kier molecular flexibility index (Phi) is 1.63. The Morgan fingerprint density at radius 1 is 1.67 bits per heavy atom. The Hall–Kier alpha value is -0.690. The van der Waals surface area contributed by atoms with E-state index in [9.17, 15) is 0 Å². The number of rotatable bonds is 1. The maximum absolute atomic E-state index is 5.68. The smallest absolute Gasteiger partial charge is 0.109 e. The fourth-order valence-electron chi connectivity index (χ4n) is 0.586. The Morgan fingerprint density at radius 3 is 2.56 bits per heavy atom. The van der Waals surface area contributed by atoms with Gasteiger partial charge >= 0.3 is 0 Å². The van der Waals surface area contributed by atoms with Crippen LogP contribution >= 0.6 is 11.6 Å². The van der Waals surface area contributed by atoms with Gasteiger partial charge in [0.05, 0.1) is 11.3 Å².